The molecule has 0 amide bonds. The molecule has 7 nitrogen and oxygen atoms in total. The molecule has 0 spiro atoms. The van der Waals surface area contributed by atoms with Crippen molar-refractivity contribution < 1.29 is 0 Å². The van der Waals surface area contributed by atoms with Gasteiger partial charge >= 0.3 is 0 Å². The van der Waals surface area contributed by atoms with Crippen molar-refractivity contribution in [1.82, 2.24) is 30.0 Å². The second-order valence-electron chi connectivity index (χ2n) is 6.23. The molecule has 28 heavy (non-hydrogen) atoms. The lowest BCUT2D eigenvalue weighted by Crippen LogP contribution is -2.04. The number of rotatable bonds is 5. The molecule has 0 atom stereocenters. The number of hydrogen-bond donors (Lipinski definition) is 0. The van der Waals surface area contributed by atoms with Crippen LogP contribution in [-0.2, 0) is 13.0 Å². The van der Waals surface area contributed by atoms with Gasteiger partial charge in [-0.15, -0.1) is 10.2 Å². The third-order valence-electron chi connectivity index (χ3n) is 4.40. The summed E-state index contributed by atoms with van der Waals surface area (Å²) in [7, 11) is 0. The number of tetrazole rings is 1. The van der Waals surface area contributed by atoms with Crippen LogP contribution in [0.5, 0.6) is 0 Å². The Kier molecular flexibility index (Phi) is 4.87. The van der Waals surface area contributed by atoms with E-state index in [-0.39, 0.29) is 0 Å². The Labute approximate surface area is 166 Å². The van der Waals surface area contributed by atoms with E-state index in [9.17, 15) is 0 Å². The van der Waals surface area contributed by atoms with Crippen LogP contribution in [0.25, 0.3) is 17.1 Å². The minimum Gasteiger partial charge on any atom is -0.221 e. The zero-order valence-electron chi connectivity index (χ0n) is 15.1. The Balaban J connectivity index is 1.56. The molecule has 0 fully saturated rings. The number of aryl methyl sites for hydroxylation is 1. The van der Waals surface area contributed by atoms with Gasteiger partial charge in [-0.3, -0.25) is 0 Å². The maximum Gasteiger partial charge on any atom is 0.209 e. The molecule has 2 aromatic carbocycles. The van der Waals surface area contributed by atoms with Gasteiger partial charge in [-0.05, 0) is 47.0 Å². The largest absolute Gasteiger partial charge is 0.221 e. The van der Waals surface area contributed by atoms with Crippen molar-refractivity contribution in [2.24, 2.45) is 0 Å². The molecule has 0 radical (unpaired) electrons. The summed E-state index contributed by atoms with van der Waals surface area (Å²) in [5, 5.41) is 26.3. The molecule has 138 valence electrons. The van der Waals surface area contributed by atoms with Gasteiger partial charge in [0.25, 0.3) is 0 Å². The zero-order chi connectivity index (χ0) is 19.5. The Morgan fingerprint density at radius 1 is 1.04 bits per heavy atom. The van der Waals surface area contributed by atoms with Gasteiger partial charge in [0.1, 0.15) is 5.15 Å². The Bertz CT molecular complexity index is 1130. The van der Waals surface area contributed by atoms with Gasteiger partial charge in [-0.1, -0.05) is 42.8 Å². The lowest BCUT2D eigenvalue weighted by atomic mass is 10.1. The van der Waals surface area contributed by atoms with Crippen molar-refractivity contribution in [3.63, 3.8) is 0 Å². The van der Waals surface area contributed by atoms with Gasteiger partial charge in [0.05, 0.1) is 35.6 Å². The topological polar surface area (TPSA) is 85.2 Å². The Morgan fingerprint density at radius 2 is 1.75 bits per heavy atom. The van der Waals surface area contributed by atoms with E-state index >= 15 is 0 Å². The molecule has 2 aromatic heterocycles. The SMILES string of the molecule is CCc1ccc(-n2ncc(-c3nnn(Cc4ccc(C#N)cc4)n3)c2Cl)cc1. The summed E-state index contributed by atoms with van der Waals surface area (Å²) in [6.07, 6.45) is 2.61. The van der Waals surface area contributed by atoms with Gasteiger partial charge in [-0.25, -0.2) is 4.68 Å². The number of benzene rings is 2. The molecule has 2 heterocycles. The van der Waals surface area contributed by atoms with E-state index in [4.69, 9.17) is 16.9 Å². The molecule has 0 saturated carbocycles. The summed E-state index contributed by atoms with van der Waals surface area (Å²) in [5.41, 5.74) is 4.33. The molecule has 0 aliphatic heterocycles. The van der Waals surface area contributed by atoms with E-state index < -0.39 is 0 Å². The van der Waals surface area contributed by atoms with Crippen LogP contribution in [0.15, 0.2) is 54.7 Å². The molecule has 0 aliphatic carbocycles. The quantitative estimate of drug-likeness (QED) is 0.520. The highest BCUT2D eigenvalue weighted by Gasteiger charge is 2.16. The van der Waals surface area contributed by atoms with Gasteiger partial charge in [0, 0.05) is 0 Å². The van der Waals surface area contributed by atoms with E-state index in [0.717, 1.165) is 17.7 Å². The summed E-state index contributed by atoms with van der Waals surface area (Å²) in [5.74, 6) is 0.412. The summed E-state index contributed by atoms with van der Waals surface area (Å²) in [6.45, 7) is 2.56. The van der Waals surface area contributed by atoms with Crippen molar-refractivity contribution in [1.29, 1.82) is 5.26 Å². The zero-order valence-corrected chi connectivity index (χ0v) is 15.9. The fraction of sp³-hybridized carbons (Fsp3) is 0.150. The van der Waals surface area contributed by atoms with E-state index in [1.54, 1.807) is 23.0 Å². The summed E-state index contributed by atoms with van der Waals surface area (Å²) in [6, 6.07) is 17.4. The average Bonchev–Trinajstić information content (AvgIpc) is 3.35. The van der Waals surface area contributed by atoms with E-state index in [2.05, 4.69) is 45.6 Å². The van der Waals surface area contributed by atoms with E-state index in [0.29, 0.717) is 28.6 Å². The first-order valence-corrected chi connectivity index (χ1v) is 9.16. The molecule has 0 unspecified atom stereocenters. The average molecular weight is 390 g/mol. The second kappa shape index (κ2) is 7.62. The smallest absolute Gasteiger partial charge is 0.209 e. The molecular weight excluding hydrogens is 374 g/mol. The van der Waals surface area contributed by atoms with Crippen molar-refractivity contribution in [2.75, 3.05) is 0 Å². The second-order valence-corrected chi connectivity index (χ2v) is 6.59. The molecule has 4 rings (SSSR count). The number of halogens is 1. The molecule has 4 aromatic rings. The highest BCUT2D eigenvalue weighted by atomic mass is 35.5. The third kappa shape index (κ3) is 3.50. The molecule has 0 saturated heterocycles. The molecule has 0 bridgehead atoms. The van der Waals surface area contributed by atoms with Crippen molar-refractivity contribution >= 4 is 11.6 Å². The van der Waals surface area contributed by atoms with Crippen LogP contribution >= 0.6 is 11.6 Å². The minimum absolute atomic E-state index is 0.412. The van der Waals surface area contributed by atoms with Crippen molar-refractivity contribution in [3.8, 4) is 23.1 Å². The van der Waals surface area contributed by atoms with Crippen LogP contribution in [0, 0.1) is 11.3 Å². The predicted molar refractivity (Wildman–Crippen MR) is 105 cm³/mol. The van der Waals surface area contributed by atoms with Crippen LogP contribution in [0.2, 0.25) is 5.15 Å². The summed E-state index contributed by atoms with van der Waals surface area (Å²) in [4.78, 5) is 1.49. The molecule has 0 N–H and O–H groups in total. The minimum atomic E-state index is 0.412. The Hall–Kier alpha value is -3.50. The first kappa shape index (κ1) is 17.9. The number of nitriles is 1. The van der Waals surface area contributed by atoms with Crippen molar-refractivity contribution in [3.05, 3.63) is 76.6 Å². The van der Waals surface area contributed by atoms with Crippen LogP contribution < -0.4 is 0 Å². The summed E-state index contributed by atoms with van der Waals surface area (Å²) < 4.78 is 1.65. The normalized spacial score (nSPS) is 10.8. The third-order valence-corrected chi connectivity index (χ3v) is 4.76. The lowest BCUT2D eigenvalue weighted by Gasteiger charge is -2.04. The highest BCUT2D eigenvalue weighted by Crippen LogP contribution is 2.27. The van der Waals surface area contributed by atoms with Gasteiger partial charge < -0.3 is 0 Å². The lowest BCUT2D eigenvalue weighted by molar-refractivity contribution is 0.573. The maximum absolute atomic E-state index is 8.87. The van der Waals surface area contributed by atoms with E-state index in [1.165, 1.54) is 10.4 Å². The number of hydrogen-bond acceptors (Lipinski definition) is 5. The van der Waals surface area contributed by atoms with E-state index in [1.807, 2.05) is 24.3 Å². The fourth-order valence-corrected chi connectivity index (χ4v) is 3.08. The maximum atomic E-state index is 8.87. The highest BCUT2D eigenvalue weighted by molar-refractivity contribution is 6.32. The molecular formula is C20H16ClN7. The van der Waals surface area contributed by atoms with Gasteiger partial charge in [-0.2, -0.15) is 15.2 Å². The van der Waals surface area contributed by atoms with Gasteiger partial charge in [0.15, 0.2) is 0 Å². The van der Waals surface area contributed by atoms with Crippen LogP contribution in [0.4, 0.5) is 0 Å². The molecule has 8 heteroatoms. The van der Waals surface area contributed by atoms with Gasteiger partial charge in [0.2, 0.25) is 5.82 Å². The Morgan fingerprint density at radius 3 is 2.43 bits per heavy atom. The first-order valence-electron chi connectivity index (χ1n) is 8.78. The number of nitrogens with zero attached hydrogens (tertiary/aromatic N) is 7. The monoisotopic (exact) mass is 389 g/mol. The first-order chi connectivity index (χ1) is 13.7. The van der Waals surface area contributed by atoms with Crippen LogP contribution in [-0.4, -0.2) is 30.0 Å². The van der Waals surface area contributed by atoms with Crippen molar-refractivity contribution in [2.45, 2.75) is 19.9 Å². The standard InChI is InChI=1S/C20H16ClN7/c1-2-14-7-9-17(10-8-14)28-19(21)18(12-23-28)20-24-26-27(25-20)13-16-5-3-15(11-22)4-6-16/h3-10,12H,2,13H2,1H3. The van der Waals surface area contributed by atoms with Crippen LogP contribution in [0.1, 0.15) is 23.6 Å². The predicted octanol–water partition coefficient (Wildman–Crippen LogP) is 3.66. The number of aromatic nitrogens is 6. The summed E-state index contributed by atoms with van der Waals surface area (Å²) >= 11 is 6.52. The molecule has 0 aliphatic rings. The fourth-order valence-electron chi connectivity index (χ4n) is 2.80. The van der Waals surface area contributed by atoms with Crippen LogP contribution in [0.3, 0.4) is 0 Å².